The van der Waals surface area contributed by atoms with Crippen LogP contribution < -0.4 is 19.5 Å². The number of nitrogens with zero attached hydrogens (tertiary/aromatic N) is 2. The van der Waals surface area contributed by atoms with E-state index < -0.39 is 0 Å². The zero-order valence-corrected chi connectivity index (χ0v) is 17.3. The first kappa shape index (κ1) is 19.8. The summed E-state index contributed by atoms with van der Waals surface area (Å²) in [6.45, 7) is 0.604. The zero-order valence-electron chi connectivity index (χ0n) is 15.7. The van der Waals surface area contributed by atoms with Crippen molar-refractivity contribution in [1.29, 1.82) is 0 Å². The molecule has 0 atom stereocenters. The number of amides is 1. The van der Waals surface area contributed by atoms with E-state index in [9.17, 15) is 4.79 Å². The summed E-state index contributed by atoms with van der Waals surface area (Å²) in [6.07, 6.45) is 3.38. The second-order valence-corrected chi connectivity index (χ2v) is 6.84. The van der Waals surface area contributed by atoms with Crippen LogP contribution in [0.2, 0.25) is 0 Å². The van der Waals surface area contributed by atoms with E-state index in [1.54, 1.807) is 29.2 Å². The summed E-state index contributed by atoms with van der Waals surface area (Å²) in [5.74, 6) is 0.960. The molecule has 3 rings (SSSR count). The molecule has 0 radical (unpaired) electrons. The molecule has 0 aliphatic heterocycles. The molecule has 146 valence electrons. The number of nitrogens with one attached hydrogen (secondary N) is 1. The quantitative estimate of drug-likeness (QED) is 0.595. The lowest BCUT2D eigenvalue weighted by Gasteiger charge is -2.13. The minimum absolute atomic E-state index is 0.303. The molecule has 1 amide bonds. The highest BCUT2D eigenvalue weighted by atomic mass is 79.9. The van der Waals surface area contributed by atoms with Crippen LogP contribution >= 0.6 is 15.9 Å². The summed E-state index contributed by atoms with van der Waals surface area (Å²) in [7, 11) is 4.52. The van der Waals surface area contributed by atoms with E-state index in [1.807, 2.05) is 24.3 Å². The van der Waals surface area contributed by atoms with E-state index in [-0.39, 0.29) is 5.91 Å². The van der Waals surface area contributed by atoms with Gasteiger partial charge >= 0.3 is 0 Å². The van der Waals surface area contributed by atoms with Crippen LogP contribution in [0.3, 0.4) is 0 Å². The Morgan fingerprint density at radius 1 is 1.07 bits per heavy atom. The smallest absolute Gasteiger partial charge is 0.256 e. The molecular formula is C20H20BrN3O4. The highest BCUT2D eigenvalue weighted by Gasteiger charge is 2.17. The van der Waals surface area contributed by atoms with Crippen LogP contribution in [0.15, 0.2) is 53.3 Å². The minimum atomic E-state index is -0.303. The average Bonchev–Trinajstić information content (AvgIpc) is 3.15. The number of anilines is 1. The molecule has 0 saturated heterocycles. The van der Waals surface area contributed by atoms with E-state index in [0.717, 1.165) is 10.0 Å². The Kier molecular flexibility index (Phi) is 6.20. The van der Waals surface area contributed by atoms with E-state index in [4.69, 9.17) is 14.2 Å². The average molecular weight is 446 g/mol. The molecular weight excluding hydrogens is 426 g/mol. The monoisotopic (exact) mass is 445 g/mol. The van der Waals surface area contributed by atoms with Gasteiger partial charge in [-0.2, -0.15) is 5.10 Å². The number of ether oxygens (including phenoxy) is 3. The molecule has 0 bridgehead atoms. The summed E-state index contributed by atoms with van der Waals surface area (Å²) in [5, 5.41) is 7.13. The van der Waals surface area contributed by atoms with Crippen LogP contribution in [-0.2, 0) is 6.54 Å². The molecule has 0 fully saturated rings. The van der Waals surface area contributed by atoms with Gasteiger partial charge in [0.2, 0.25) is 5.75 Å². The third-order valence-electron chi connectivity index (χ3n) is 4.08. The van der Waals surface area contributed by atoms with Gasteiger partial charge in [0.15, 0.2) is 11.5 Å². The summed E-state index contributed by atoms with van der Waals surface area (Å²) < 4.78 is 18.6. The van der Waals surface area contributed by atoms with Gasteiger partial charge in [0.25, 0.3) is 5.91 Å². The molecule has 3 aromatic rings. The normalized spacial score (nSPS) is 10.4. The Morgan fingerprint density at radius 3 is 2.29 bits per heavy atom. The van der Waals surface area contributed by atoms with Crippen LogP contribution in [0.25, 0.3) is 0 Å². The first-order chi connectivity index (χ1) is 13.5. The van der Waals surface area contributed by atoms with Gasteiger partial charge in [-0.15, -0.1) is 0 Å². The molecule has 2 aromatic carbocycles. The number of carbonyl (C=O) groups is 1. The molecule has 0 saturated carbocycles. The fourth-order valence-electron chi connectivity index (χ4n) is 2.71. The van der Waals surface area contributed by atoms with E-state index in [1.165, 1.54) is 21.3 Å². The van der Waals surface area contributed by atoms with Crippen molar-refractivity contribution in [2.24, 2.45) is 0 Å². The van der Waals surface area contributed by atoms with Gasteiger partial charge in [0, 0.05) is 16.2 Å². The van der Waals surface area contributed by atoms with Gasteiger partial charge < -0.3 is 19.5 Å². The third-order valence-corrected chi connectivity index (χ3v) is 4.60. The number of aromatic nitrogens is 2. The number of rotatable bonds is 7. The Labute approximate surface area is 171 Å². The van der Waals surface area contributed by atoms with Crippen molar-refractivity contribution in [3.63, 3.8) is 0 Å². The maximum Gasteiger partial charge on any atom is 0.256 e. The van der Waals surface area contributed by atoms with E-state index in [0.29, 0.717) is 35.0 Å². The van der Waals surface area contributed by atoms with Crippen molar-refractivity contribution < 1.29 is 19.0 Å². The molecule has 0 spiro atoms. The number of halogens is 1. The number of carbonyl (C=O) groups excluding carboxylic acids is 1. The molecule has 0 aliphatic rings. The Bertz CT molecular complexity index is 945. The summed E-state index contributed by atoms with van der Waals surface area (Å²) in [4.78, 5) is 12.6. The van der Waals surface area contributed by atoms with Gasteiger partial charge in [0.1, 0.15) is 0 Å². The Balaban J connectivity index is 1.74. The zero-order chi connectivity index (χ0) is 20.1. The lowest BCUT2D eigenvalue weighted by Crippen LogP contribution is -2.12. The molecule has 0 aliphatic carbocycles. The highest BCUT2D eigenvalue weighted by Crippen LogP contribution is 2.38. The summed E-state index contributed by atoms with van der Waals surface area (Å²) >= 11 is 3.42. The van der Waals surface area contributed by atoms with E-state index in [2.05, 4.69) is 26.3 Å². The SMILES string of the molecule is COc1cc(C(=O)Nc2cnn(Cc3ccc(Br)cc3)c2)cc(OC)c1OC. The Hall–Kier alpha value is -3.00. The number of methoxy groups -OCH3 is 3. The first-order valence-electron chi connectivity index (χ1n) is 8.42. The van der Waals surface area contributed by atoms with Gasteiger partial charge in [-0.05, 0) is 29.8 Å². The van der Waals surface area contributed by atoms with E-state index >= 15 is 0 Å². The molecule has 1 aromatic heterocycles. The lowest BCUT2D eigenvalue weighted by molar-refractivity contribution is 0.102. The van der Waals surface area contributed by atoms with Gasteiger partial charge in [-0.3, -0.25) is 9.48 Å². The topological polar surface area (TPSA) is 74.6 Å². The number of hydrogen-bond donors (Lipinski definition) is 1. The van der Waals surface area contributed by atoms with Crippen LogP contribution in [0, 0.1) is 0 Å². The second-order valence-electron chi connectivity index (χ2n) is 5.92. The van der Waals surface area contributed by atoms with Crippen molar-refractivity contribution in [3.8, 4) is 17.2 Å². The molecule has 28 heavy (non-hydrogen) atoms. The fraction of sp³-hybridized carbons (Fsp3) is 0.200. The van der Waals surface area contributed by atoms with Gasteiger partial charge in [-0.25, -0.2) is 0 Å². The summed E-state index contributed by atoms with van der Waals surface area (Å²) in [5.41, 5.74) is 2.08. The van der Waals surface area contributed by atoms with Crippen molar-refractivity contribution in [2.45, 2.75) is 6.54 Å². The fourth-order valence-corrected chi connectivity index (χ4v) is 2.97. The predicted octanol–water partition coefficient (Wildman–Crippen LogP) is 3.97. The van der Waals surface area contributed by atoms with Crippen molar-refractivity contribution in [1.82, 2.24) is 9.78 Å². The van der Waals surface area contributed by atoms with Crippen molar-refractivity contribution >= 4 is 27.5 Å². The molecule has 7 nitrogen and oxygen atoms in total. The largest absolute Gasteiger partial charge is 0.493 e. The molecule has 1 heterocycles. The van der Waals surface area contributed by atoms with Crippen LogP contribution in [0.1, 0.15) is 15.9 Å². The Morgan fingerprint density at radius 2 is 1.71 bits per heavy atom. The van der Waals surface area contributed by atoms with Gasteiger partial charge in [0.05, 0.1) is 39.8 Å². The maximum absolute atomic E-state index is 12.6. The number of hydrogen-bond acceptors (Lipinski definition) is 5. The lowest BCUT2D eigenvalue weighted by atomic mass is 10.1. The second kappa shape index (κ2) is 8.79. The highest BCUT2D eigenvalue weighted by molar-refractivity contribution is 9.10. The molecule has 8 heteroatoms. The van der Waals surface area contributed by atoms with Crippen molar-refractivity contribution in [2.75, 3.05) is 26.6 Å². The van der Waals surface area contributed by atoms with Crippen LogP contribution in [-0.4, -0.2) is 37.0 Å². The summed E-state index contributed by atoms with van der Waals surface area (Å²) in [6, 6.07) is 11.2. The van der Waals surface area contributed by atoms with Crippen molar-refractivity contribution in [3.05, 3.63) is 64.4 Å². The van der Waals surface area contributed by atoms with Gasteiger partial charge in [-0.1, -0.05) is 28.1 Å². The predicted molar refractivity (Wildman–Crippen MR) is 110 cm³/mol. The number of benzene rings is 2. The van der Waals surface area contributed by atoms with Crippen LogP contribution in [0.5, 0.6) is 17.2 Å². The standard InChI is InChI=1S/C20H20BrN3O4/c1-26-17-8-14(9-18(27-2)19(17)28-3)20(25)23-16-10-22-24(12-16)11-13-4-6-15(21)7-5-13/h4-10,12H,11H2,1-3H3,(H,23,25). The molecule has 0 unspecified atom stereocenters. The minimum Gasteiger partial charge on any atom is -0.493 e. The maximum atomic E-state index is 12.6. The first-order valence-corrected chi connectivity index (χ1v) is 9.21. The molecule has 1 N–H and O–H groups in total. The van der Waals surface area contributed by atoms with Crippen LogP contribution in [0.4, 0.5) is 5.69 Å². The third kappa shape index (κ3) is 4.45.